The first-order valence-electron chi connectivity index (χ1n) is 8.91. The number of aryl methyl sites for hydroxylation is 1. The van der Waals surface area contributed by atoms with Crippen LogP contribution < -0.4 is 9.64 Å². The van der Waals surface area contributed by atoms with Crippen molar-refractivity contribution in [2.45, 2.75) is 13.0 Å². The van der Waals surface area contributed by atoms with E-state index in [-0.39, 0.29) is 16.5 Å². The van der Waals surface area contributed by atoms with Gasteiger partial charge in [0.2, 0.25) is 5.13 Å². The minimum Gasteiger partial charge on any atom is -0.507 e. The van der Waals surface area contributed by atoms with Gasteiger partial charge in [0.05, 0.1) is 18.7 Å². The van der Waals surface area contributed by atoms with Crippen molar-refractivity contribution >= 4 is 45.5 Å². The summed E-state index contributed by atoms with van der Waals surface area (Å²) in [7, 11) is 1.55. The summed E-state index contributed by atoms with van der Waals surface area (Å²) in [6, 6.07) is 12.4. The molecule has 2 aromatic carbocycles. The van der Waals surface area contributed by atoms with Crippen molar-refractivity contribution in [2.24, 2.45) is 0 Å². The van der Waals surface area contributed by atoms with E-state index < -0.39 is 17.7 Å². The fourth-order valence-electron chi connectivity index (χ4n) is 3.28. The zero-order valence-electron chi connectivity index (χ0n) is 16.0. The highest BCUT2D eigenvalue weighted by Gasteiger charge is 2.48. The Balaban J connectivity index is 1.92. The summed E-state index contributed by atoms with van der Waals surface area (Å²) in [5.41, 5.74) is 0.975. The summed E-state index contributed by atoms with van der Waals surface area (Å²) in [5.74, 6) is -1.23. The number of hydrogen-bond acceptors (Lipinski definition) is 7. The quantitative estimate of drug-likeness (QED) is 0.371. The van der Waals surface area contributed by atoms with Gasteiger partial charge in [0.25, 0.3) is 5.78 Å². The van der Waals surface area contributed by atoms with Crippen LogP contribution in [0.3, 0.4) is 0 Å². The van der Waals surface area contributed by atoms with E-state index in [0.29, 0.717) is 26.9 Å². The molecule has 1 N–H and O–H groups in total. The largest absolute Gasteiger partial charge is 0.507 e. The predicted octanol–water partition coefficient (Wildman–Crippen LogP) is 4.13. The van der Waals surface area contributed by atoms with Gasteiger partial charge in [0.1, 0.15) is 16.5 Å². The van der Waals surface area contributed by atoms with Crippen molar-refractivity contribution < 1.29 is 19.4 Å². The summed E-state index contributed by atoms with van der Waals surface area (Å²) in [4.78, 5) is 27.2. The van der Waals surface area contributed by atoms with E-state index in [1.165, 1.54) is 16.2 Å². The number of aromatic nitrogens is 2. The maximum absolute atomic E-state index is 13.0. The molecule has 1 atom stereocenters. The van der Waals surface area contributed by atoms with Crippen LogP contribution in [0.1, 0.15) is 22.2 Å². The first-order valence-corrected chi connectivity index (χ1v) is 10.1. The second-order valence-electron chi connectivity index (χ2n) is 6.55. The normalized spacial score (nSPS) is 18.1. The number of rotatable bonds is 4. The topological polar surface area (TPSA) is 92.6 Å². The Kier molecular flexibility index (Phi) is 5.27. The van der Waals surface area contributed by atoms with Gasteiger partial charge in [-0.25, -0.2) is 0 Å². The molecule has 1 fully saturated rings. The molecule has 1 aliphatic heterocycles. The maximum Gasteiger partial charge on any atom is 0.301 e. The van der Waals surface area contributed by atoms with E-state index in [4.69, 9.17) is 16.3 Å². The number of halogens is 1. The Morgan fingerprint density at radius 2 is 1.77 bits per heavy atom. The fraction of sp³-hybridized carbons (Fsp3) is 0.143. The van der Waals surface area contributed by atoms with Gasteiger partial charge >= 0.3 is 5.91 Å². The number of amides is 1. The molecule has 7 nitrogen and oxygen atoms in total. The number of benzene rings is 2. The van der Waals surface area contributed by atoms with Crippen LogP contribution in [0.4, 0.5) is 5.13 Å². The molecule has 2 heterocycles. The molecule has 152 valence electrons. The number of ketones is 1. The molecule has 1 saturated heterocycles. The van der Waals surface area contributed by atoms with Crippen LogP contribution in [0.15, 0.2) is 54.1 Å². The molecule has 0 bridgehead atoms. The van der Waals surface area contributed by atoms with Crippen molar-refractivity contribution in [1.82, 2.24) is 10.2 Å². The Morgan fingerprint density at radius 1 is 1.10 bits per heavy atom. The van der Waals surface area contributed by atoms with Crippen molar-refractivity contribution in [3.63, 3.8) is 0 Å². The summed E-state index contributed by atoms with van der Waals surface area (Å²) in [6.45, 7) is 1.76. The van der Waals surface area contributed by atoms with Crippen LogP contribution >= 0.6 is 22.9 Å². The molecule has 3 aromatic rings. The van der Waals surface area contributed by atoms with Crippen LogP contribution in [0.2, 0.25) is 5.02 Å². The molecule has 1 aromatic heterocycles. The summed E-state index contributed by atoms with van der Waals surface area (Å²) in [6.07, 6.45) is 0. The number of methoxy groups -OCH3 is 1. The lowest BCUT2D eigenvalue weighted by Crippen LogP contribution is -2.29. The molecule has 1 unspecified atom stereocenters. The number of carbonyl (C=O) groups is 2. The number of aliphatic hydroxyl groups excluding tert-OH is 1. The molecule has 0 radical (unpaired) electrons. The highest BCUT2D eigenvalue weighted by Crippen LogP contribution is 2.43. The van der Waals surface area contributed by atoms with Gasteiger partial charge in [0.15, 0.2) is 0 Å². The van der Waals surface area contributed by atoms with Gasteiger partial charge in [-0.15, -0.1) is 10.2 Å². The number of hydrogen-bond donors (Lipinski definition) is 1. The highest BCUT2D eigenvalue weighted by molar-refractivity contribution is 7.15. The third-order valence-corrected chi connectivity index (χ3v) is 5.81. The van der Waals surface area contributed by atoms with Crippen molar-refractivity contribution in [1.29, 1.82) is 0 Å². The number of ether oxygens (including phenoxy) is 1. The molecule has 9 heteroatoms. The molecule has 0 aliphatic carbocycles. The third kappa shape index (κ3) is 3.44. The third-order valence-electron chi connectivity index (χ3n) is 4.72. The number of aliphatic hydroxyl groups is 1. The Hall–Kier alpha value is -3.23. The monoisotopic (exact) mass is 441 g/mol. The number of nitrogens with zero attached hydrogens (tertiary/aromatic N) is 3. The maximum atomic E-state index is 13.0. The molecule has 0 spiro atoms. The smallest absolute Gasteiger partial charge is 0.301 e. The van der Waals surface area contributed by atoms with E-state index >= 15 is 0 Å². The zero-order valence-corrected chi connectivity index (χ0v) is 17.6. The standard InChI is InChI=1S/C21H16ClN3O4S/c1-11-23-24-21(30-11)25-17(12-5-9-15(29-2)10-6-12)16(19(27)20(25)28)18(26)13-3-7-14(22)8-4-13/h3-10,17,26H,1-2H3. The minimum absolute atomic E-state index is 0.0275. The van der Waals surface area contributed by atoms with Gasteiger partial charge < -0.3 is 9.84 Å². The second-order valence-corrected chi connectivity index (χ2v) is 8.15. The molecule has 1 aliphatic rings. The van der Waals surface area contributed by atoms with Crippen LogP contribution in [0.25, 0.3) is 5.76 Å². The molecule has 0 saturated carbocycles. The van der Waals surface area contributed by atoms with E-state index in [1.54, 1.807) is 62.6 Å². The van der Waals surface area contributed by atoms with Crippen molar-refractivity contribution in [2.75, 3.05) is 12.0 Å². The van der Waals surface area contributed by atoms with E-state index in [0.717, 1.165) is 0 Å². The van der Waals surface area contributed by atoms with Gasteiger partial charge in [0, 0.05) is 10.6 Å². The average molecular weight is 442 g/mol. The van der Waals surface area contributed by atoms with Gasteiger partial charge in [-0.3, -0.25) is 14.5 Å². The van der Waals surface area contributed by atoms with E-state index in [9.17, 15) is 14.7 Å². The molecule has 1 amide bonds. The number of anilines is 1. The first kappa shape index (κ1) is 20.1. The second kappa shape index (κ2) is 7.89. The van der Waals surface area contributed by atoms with Crippen LogP contribution in [0, 0.1) is 6.92 Å². The van der Waals surface area contributed by atoms with Crippen LogP contribution in [-0.4, -0.2) is 34.1 Å². The minimum atomic E-state index is -0.862. The van der Waals surface area contributed by atoms with Crippen molar-refractivity contribution in [3.05, 3.63) is 75.3 Å². The summed E-state index contributed by atoms with van der Waals surface area (Å²) < 4.78 is 5.20. The summed E-state index contributed by atoms with van der Waals surface area (Å²) in [5, 5.41) is 20.4. The average Bonchev–Trinajstić information content (AvgIpc) is 3.29. The van der Waals surface area contributed by atoms with Crippen molar-refractivity contribution in [3.8, 4) is 5.75 Å². The first-order chi connectivity index (χ1) is 14.4. The molecule has 30 heavy (non-hydrogen) atoms. The SMILES string of the molecule is COc1ccc(C2C(=C(O)c3ccc(Cl)cc3)C(=O)C(=O)N2c2nnc(C)s2)cc1. The lowest BCUT2D eigenvalue weighted by Gasteiger charge is -2.22. The van der Waals surface area contributed by atoms with Gasteiger partial charge in [-0.2, -0.15) is 0 Å². The van der Waals surface area contributed by atoms with E-state index in [2.05, 4.69) is 10.2 Å². The lowest BCUT2D eigenvalue weighted by atomic mass is 9.95. The Morgan fingerprint density at radius 3 is 2.33 bits per heavy atom. The molecular formula is C21H16ClN3O4S. The van der Waals surface area contributed by atoms with E-state index in [1.807, 2.05) is 0 Å². The van der Waals surface area contributed by atoms with Crippen LogP contribution in [-0.2, 0) is 9.59 Å². The number of Topliss-reactive ketones (excluding diaryl/α,β-unsaturated/α-hetero) is 1. The highest BCUT2D eigenvalue weighted by atomic mass is 35.5. The van der Waals surface area contributed by atoms with Gasteiger partial charge in [-0.1, -0.05) is 35.1 Å². The summed E-state index contributed by atoms with van der Waals surface area (Å²) >= 11 is 7.13. The number of carbonyl (C=O) groups excluding carboxylic acids is 2. The Bertz CT molecular complexity index is 1160. The van der Waals surface area contributed by atoms with Crippen LogP contribution in [0.5, 0.6) is 5.75 Å². The molecule has 4 rings (SSSR count). The lowest BCUT2D eigenvalue weighted by molar-refractivity contribution is -0.132. The molecular weight excluding hydrogens is 426 g/mol. The zero-order chi connectivity index (χ0) is 21.4. The fourth-order valence-corrected chi connectivity index (χ4v) is 4.12. The van der Waals surface area contributed by atoms with Gasteiger partial charge in [-0.05, 0) is 48.9 Å². The predicted molar refractivity (Wildman–Crippen MR) is 114 cm³/mol. The Labute approximate surface area is 181 Å².